The number of hydrogen-bond acceptors (Lipinski definition) is 2. The maximum absolute atomic E-state index is 10.3. The number of phenols is 2. The standard InChI is InChI=1S/C18H26O2.C3H8/c1-3-4-5-8-14-11-16(19)18(17(20)12-14)15-9-6-7-13(2)10-15;1-3-2/h10-12,15,19-20H,3-9H2,1-2H3;3H2,1-2H3. The maximum Gasteiger partial charge on any atom is 0.123 e. The smallest absolute Gasteiger partial charge is 0.123 e. The van der Waals surface area contributed by atoms with Crippen LogP contribution in [0.15, 0.2) is 23.8 Å². The average molecular weight is 319 g/mol. The zero-order chi connectivity index (χ0) is 17.2. The Morgan fingerprint density at radius 3 is 2.17 bits per heavy atom. The minimum Gasteiger partial charge on any atom is -0.507 e. The first-order valence-electron chi connectivity index (χ1n) is 9.25. The minimum absolute atomic E-state index is 0.161. The van der Waals surface area contributed by atoms with Crippen molar-refractivity contribution in [2.45, 2.75) is 85.0 Å². The van der Waals surface area contributed by atoms with Crippen LogP contribution in [-0.4, -0.2) is 10.2 Å². The van der Waals surface area contributed by atoms with Gasteiger partial charge in [0.15, 0.2) is 0 Å². The van der Waals surface area contributed by atoms with Gasteiger partial charge in [-0.2, -0.15) is 0 Å². The predicted octanol–water partition coefficient (Wildman–Crippen LogP) is 6.46. The zero-order valence-corrected chi connectivity index (χ0v) is 15.4. The number of phenolic OH excluding ortho intramolecular Hbond substituents is 2. The van der Waals surface area contributed by atoms with E-state index >= 15 is 0 Å². The second-order valence-corrected chi connectivity index (χ2v) is 6.72. The molecule has 23 heavy (non-hydrogen) atoms. The molecule has 1 unspecified atom stereocenters. The second kappa shape index (κ2) is 10.4. The third-order valence-corrected chi connectivity index (χ3v) is 4.21. The van der Waals surface area contributed by atoms with Crippen molar-refractivity contribution in [1.29, 1.82) is 0 Å². The molecular weight excluding hydrogens is 284 g/mol. The summed E-state index contributed by atoms with van der Waals surface area (Å²) in [6, 6.07) is 3.67. The number of hydrogen-bond donors (Lipinski definition) is 2. The van der Waals surface area contributed by atoms with Crippen molar-refractivity contribution in [2.24, 2.45) is 0 Å². The second-order valence-electron chi connectivity index (χ2n) is 6.72. The van der Waals surface area contributed by atoms with Crippen LogP contribution < -0.4 is 0 Å². The molecule has 0 heterocycles. The van der Waals surface area contributed by atoms with E-state index in [1.54, 1.807) is 0 Å². The zero-order valence-electron chi connectivity index (χ0n) is 15.4. The van der Waals surface area contributed by atoms with Crippen LogP contribution in [0.1, 0.15) is 89.7 Å². The van der Waals surface area contributed by atoms with Gasteiger partial charge in [-0.1, -0.05) is 51.7 Å². The average Bonchev–Trinajstić information content (AvgIpc) is 2.48. The Morgan fingerprint density at radius 1 is 1.04 bits per heavy atom. The third kappa shape index (κ3) is 6.29. The Bertz CT molecular complexity index is 480. The molecule has 2 rings (SSSR count). The lowest BCUT2D eigenvalue weighted by atomic mass is 9.84. The molecule has 2 heteroatoms. The predicted molar refractivity (Wildman–Crippen MR) is 99.3 cm³/mol. The molecule has 1 aliphatic rings. The van der Waals surface area contributed by atoms with Gasteiger partial charge < -0.3 is 10.2 Å². The van der Waals surface area contributed by atoms with Gasteiger partial charge >= 0.3 is 0 Å². The van der Waals surface area contributed by atoms with Gasteiger partial charge in [0, 0.05) is 11.5 Å². The molecule has 1 aromatic rings. The summed E-state index contributed by atoms with van der Waals surface area (Å²) >= 11 is 0. The Kier molecular flexibility index (Phi) is 8.83. The summed E-state index contributed by atoms with van der Waals surface area (Å²) in [4.78, 5) is 0. The molecule has 0 aliphatic heterocycles. The van der Waals surface area contributed by atoms with Crippen LogP contribution >= 0.6 is 0 Å². The van der Waals surface area contributed by atoms with Crippen molar-refractivity contribution in [3.8, 4) is 11.5 Å². The van der Waals surface area contributed by atoms with Crippen LogP contribution in [0, 0.1) is 0 Å². The Balaban J connectivity index is 0.000000816. The van der Waals surface area contributed by atoms with Crippen LogP contribution in [0.5, 0.6) is 11.5 Å². The van der Waals surface area contributed by atoms with Crippen molar-refractivity contribution >= 4 is 0 Å². The summed E-state index contributed by atoms with van der Waals surface area (Å²) in [6.07, 6.45) is 11.1. The van der Waals surface area contributed by atoms with Crippen molar-refractivity contribution in [2.75, 3.05) is 0 Å². The van der Waals surface area contributed by atoms with Crippen LogP contribution in [0.4, 0.5) is 0 Å². The molecule has 1 aromatic carbocycles. The molecule has 0 bridgehead atoms. The topological polar surface area (TPSA) is 40.5 Å². The highest BCUT2D eigenvalue weighted by atomic mass is 16.3. The van der Waals surface area contributed by atoms with Gasteiger partial charge in [0.1, 0.15) is 11.5 Å². The SMILES string of the molecule is CCC.CCCCCc1cc(O)c(C2C=C(C)CCC2)c(O)c1. The Morgan fingerprint density at radius 2 is 1.65 bits per heavy atom. The van der Waals surface area contributed by atoms with Crippen LogP contribution in [-0.2, 0) is 6.42 Å². The number of aromatic hydroxyl groups is 2. The lowest BCUT2D eigenvalue weighted by Crippen LogP contribution is -2.03. The van der Waals surface area contributed by atoms with Gasteiger partial charge in [0.25, 0.3) is 0 Å². The van der Waals surface area contributed by atoms with Crippen molar-refractivity contribution < 1.29 is 10.2 Å². The molecule has 0 amide bonds. The van der Waals surface area contributed by atoms with Gasteiger partial charge in [-0.25, -0.2) is 0 Å². The van der Waals surface area contributed by atoms with E-state index in [9.17, 15) is 10.2 Å². The summed E-state index contributed by atoms with van der Waals surface area (Å²) < 4.78 is 0. The summed E-state index contributed by atoms with van der Waals surface area (Å²) in [5, 5.41) is 20.6. The normalized spacial score (nSPS) is 17.2. The molecule has 2 nitrogen and oxygen atoms in total. The summed E-state index contributed by atoms with van der Waals surface area (Å²) in [6.45, 7) is 8.55. The van der Waals surface area contributed by atoms with Crippen LogP contribution in [0.2, 0.25) is 0 Å². The molecular formula is C21H34O2. The number of rotatable bonds is 5. The largest absolute Gasteiger partial charge is 0.507 e. The highest BCUT2D eigenvalue weighted by Gasteiger charge is 2.21. The number of allylic oxidation sites excluding steroid dienone is 2. The minimum atomic E-state index is 0.161. The molecule has 0 saturated carbocycles. The lowest BCUT2D eigenvalue weighted by Gasteiger charge is -2.22. The monoisotopic (exact) mass is 318 g/mol. The molecule has 2 N–H and O–H groups in total. The van der Waals surface area contributed by atoms with Gasteiger partial charge in [-0.3, -0.25) is 0 Å². The van der Waals surface area contributed by atoms with Gasteiger partial charge in [-0.05, 0) is 56.7 Å². The van der Waals surface area contributed by atoms with E-state index in [1.165, 1.54) is 24.8 Å². The molecule has 0 aromatic heterocycles. The molecule has 130 valence electrons. The summed E-state index contributed by atoms with van der Waals surface area (Å²) in [5.41, 5.74) is 3.10. The van der Waals surface area contributed by atoms with Crippen LogP contribution in [0.3, 0.4) is 0 Å². The molecule has 1 aliphatic carbocycles. The third-order valence-electron chi connectivity index (χ3n) is 4.21. The molecule has 0 spiro atoms. The van der Waals surface area contributed by atoms with E-state index in [4.69, 9.17) is 0 Å². The van der Waals surface area contributed by atoms with Crippen molar-refractivity contribution in [3.05, 3.63) is 34.9 Å². The summed E-state index contributed by atoms with van der Waals surface area (Å²) in [5.74, 6) is 0.674. The van der Waals surface area contributed by atoms with E-state index in [0.717, 1.165) is 37.7 Å². The van der Waals surface area contributed by atoms with E-state index in [0.29, 0.717) is 5.56 Å². The molecule has 0 fully saturated rings. The first-order chi connectivity index (χ1) is 11.0. The highest BCUT2D eigenvalue weighted by molar-refractivity contribution is 5.50. The molecule has 0 radical (unpaired) electrons. The van der Waals surface area contributed by atoms with Gasteiger partial charge in [0.05, 0.1) is 0 Å². The Hall–Kier alpha value is -1.44. The van der Waals surface area contributed by atoms with Crippen molar-refractivity contribution in [3.63, 3.8) is 0 Å². The number of benzene rings is 1. The number of unbranched alkanes of at least 4 members (excludes halogenated alkanes) is 2. The first kappa shape index (κ1) is 19.6. The van der Waals surface area contributed by atoms with E-state index < -0.39 is 0 Å². The lowest BCUT2D eigenvalue weighted by molar-refractivity contribution is 0.427. The fourth-order valence-electron chi connectivity index (χ4n) is 3.12. The quantitative estimate of drug-likeness (QED) is 0.483. The van der Waals surface area contributed by atoms with Gasteiger partial charge in [-0.15, -0.1) is 0 Å². The Labute approximate surface area is 142 Å². The maximum atomic E-state index is 10.3. The number of aryl methyl sites for hydroxylation is 1. The fraction of sp³-hybridized carbons (Fsp3) is 0.619. The van der Waals surface area contributed by atoms with Crippen molar-refractivity contribution in [1.82, 2.24) is 0 Å². The van der Waals surface area contributed by atoms with E-state index in [2.05, 4.69) is 33.8 Å². The molecule has 0 saturated heterocycles. The van der Waals surface area contributed by atoms with Crippen LogP contribution in [0.25, 0.3) is 0 Å². The first-order valence-corrected chi connectivity index (χ1v) is 9.25. The fourth-order valence-corrected chi connectivity index (χ4v) is 3.12. The highest BCUT2D eigenvalue weighted by Crippen LogP contribution is 2.41. The van der Waals surface area contributed by atoms with E-state index in [1.807, 2.05) is 12.1 Å². The van der Waals surface area contributed by atoms with E-state index in [-0.39, 0.29) is 17.4 Å². The summed E-state index contributed by atoms with van der Waals surface area (Å²) in [7, 11) is 0. The molecule has 1 atom stereocenters. The van der Waals surface area contributed by atoms with Gasteiger partial charge in [0.2, 0.25) is 0 Å².